The smallest absolute Gasteiger partial charge is 0.311 e. The highest BCUT2D eigenvalue weighted by atomic mass is 35.5. The molecule has 152 valence electrons. The maximum atomic E-state index is 12.0. The first kappa shape index (κ1) is 24.9. The van der Waals surface area contributed by atoms with Crippen molar-refractivity contribution < 1.29 is 23.9 Å². The lowest BCUT2D eigenvalue weighted by molar-refractivity contribution is -0.137. The quantitative estimate of drug-likeness (QED) is 0.320. The van der Waals surface area contributed by atoms with Gasteiger partial charge < -0.3 is 14.8 Å². The number of carbonyl (C=O) groups excluding carboxylic acids is 3. The predicted molar refractivity (Wildman–Crippen MR) is 108 cm³/mol. The highest BCUT2D eigenvalue weighted by molar-refractivity contribution is 5.89. The van der Waals surface area contributed by atoms with Gasteiger partial charge in [-0.3, -0.25) is 14.4 Å². The fourth-order valence-electron chi connectivity index (χ4n) is 2.34. The number of nitrogens with one attached hydrogen (secondary N) is 1. The standard InChI is InChI=1S/C20H29NO5.ClH/c1-4-6-8-10-19(23)25-17-13-12-16(21-15(3)22)14-18(17)26-20(24)11-9-7-5-2;/h12-14H,4-11H2,1-3H3,(H,21,22);1H. The molecular weight excluding hydrogens is 370 g/mol. The van der Waals surface area contributed by atoms with Gasteiger partial charge in [-0.05, 0) is 25.0 Å². The fourth-order valence-corrected chi connectivity index (χ4v) is 2.34. The van der Waals surface area contributed by atoms with Crippen LogP contribution in [0.25, 0.3) is 0 Å². The summed E-state index contributed by atoms with van der Waals surface area (Å²) in [7, 11) is 0. The van der Waals surface area contributed by atoms with Crippen molar-refractivity contribution in [3.05, 3.63) is 18.2 Å². The summed E-state index contributed by atoms with van der Waals surface area (Å²) in [6, 6.07) is 4.62. The molecule has 1 aromatic carbocycles. The van der Waals surface area contributed by atoms with Crippen LogP contribution in [0.15, 0.2) is 18.2 Å². The third-order valence-corrected chi connectivity index (χ3v) is 3.68. The second kappa shape index (κ2) is 14.0. The molecule has 0 heterocycles. The third kappa shape index (κ3) is 10.6. The molecule has 0 saturated heterocycles. The van der Waals surface area contributed by atoms with Crippen molar-refractivity contribution in [1.82, 2.24) is 0 Å². The highest BCUT2D eigenvalue weighted by Crippen LogP contribution is 2.31. The molecule has 1 rings (SSSR count). The Labute approximate surface area is 167 Å². The van der Waals surface area contributed by atoms with E-state index in [4.69, 9.17) is 9.47 Å². The summed E-state index contributed by atoms with van der Waals surface area (Å²) >= 11 is 0. The zero-order valence-corrected chi connectivity index (χ0v) is 17.2. The zero-order valence-electron chi connectivity index (χ0n) is 16.3. The van der Waals surface area contributed by atoms with Gasteiger partial charge in [0, 0.05) is 31.5 Å². The second-order valence-corrected chi connectivity index (χ2v) is 6.21. The molecule has 0 bridgehead atoms. The Balaban J connectivity index is 0.00000676. The van der Waals surface area contributed by atoms with Gasteiger partial charge in [-0.2, -0.15) is 0 Å². The number of carbonyl (C=O) groups is 3. The zero-order chi connectivity index (χ0) is 19.4. The summed E-state index contributed by atoms with van der Waals surface area (Å²) in [5, 5.41) is 2.62. The molecule has 0 aliphatic heterocycles. The number of ether oxygens (including phenoxy) is 2. The van der Waals surface area contributed by atoms with Gasteiger partial charge in [-0.15, -0.1) is 12.4 Å². The van der Waals surface area contributed by atoms with Gasteiger partial charge in [0.1, 0.15) is 0 Å². The van der Waals surface area contributed by atoms with Crippen LogP contribution in [0.3, 0.4) is 0 Å². The maximum absolute atomic E-state index is 12.0. The lowest BCUT2D eigenvalue weighted by Gasteiger charge is -2.12. The molecule has 1 aromatic rings. The monoisotopic (exact) mass is 399 g/mol. The molecule has 0 aromatic heterocycles. The van der Waals surface area contributed by atoms with Crippen LogP contribution in [-0.4, -0.2) is 17.8 Å². The van der Waals surface area contributed by atoms with Crippen LogP contribution < -0.4 is 14.8 Å². The first-order chi connectivity index (χ1) is 12.5. The fraction of sp³-hybridized carbons (Fsp3) is 0.550. The molecule has 0 unspecified atom stereocenters. The van der Waals surface area contributed by atoms with Crippen LogP contribution in [-0.2, 0) is 14.4 Å². The number of amides is 1. The number of unbranched alkanes of at least 4 members (excludes halogenated alkanes) is 4. The van der Waals surface area contributed by atoms with Crippen molar-refractivity contribution in [2.24, 2.45) is 0 Å². The van der Waals surface area contributed by atoms with Gasteiger partial charge in [0.25, 0.3) is 0 Å². The van der Waals surface area contributed by atoms with Crippen molar-refractivity contribution in [2.75, 3.05) is 5.32 Å². The summed E-state index contributed by atoms with van der Waals surface area (Å²) < 4.78 is 10.7. The molecular formula is C20H30ClNO5. The van der Waals surface area contributed by atoms with Crippen molar-refractivity contribution in [1.29, 1.82) is 0 Å². The molecule has 0 saturated carbocycles. The van der Waals surface area contributed by atoms with Gasteiger partial charge in [0.2, 0.25) is 5.91 Å². The van der Waals surface area contributed by atoms with Crippen LogP contribution in [0.1, 0.15) is 72.1 Å². The Morgan fingerprint density at radius 2 is 1.37 bits per heavy atom. The van der Waals surface area contributed by atoms with Crippen molar-refractivity contribution in [3.63, 3.8) is 0 Å². The van der Waals surface area contributed by atoms with Crippen molar-refractivity contribution >= 4 is 35.9 Å². The van der Waals surface area contributed by atoms with E-state index in [0.29, 0.717) is 18.5 Å². The summed E-state index contributed by atoms with van der Waals surface area (Å²) in [5.41, 5.74) is 0.472. The minimum atomic E-state index is -0.387. The minimum absolute atomic E-state index is 0. The molecule has 0 radical (unpaired) electrons. The Morgan fingerprint density at radius 1 is 0.852 bits per heavy atom. The number of hydrogen-bond donors (Lipinski definition) is 1. The van der Waals surface area contributed by atoms with Crippen molar-refractivity contribution in [3.8, 4) is 11.5 Å². The van der Waals surface area contributed by atoms with Gasteiger partial charge in [-0.25, -0.2) is 0 Å². The van der Waals surface area contributed by atoms with E-state index >= 15 is 0 Å². The van der Waals surface area contributed by atoms with Crippen molar-refractivity contribution in [2.45, 2.75) is 72.1 Å². The summed E-state index contributed by atoms with van der Waals surface area (Å²) in [6.07, 6.45) is 6.02. The Hall–Kier alpha value is -2.08. The van der Waals surface area contributed by atoms with Crippen LogP contribution in [0.5, 0.6) is 11.5 Å². The summed E-state index contributed by atoms with van der Waals surface area (Å²) in [5.74, 6) is -0.670. The van der Waals surface area contributed by atoms with Crippen LogP contribution in [0.4, 0.5) is 5.69 Å². The maximum Gasteiger partial charge on any atom is 0.311 e. The number of anilines is 1. The van der Waals surface area contributed by atoms with E-state index in [1.165, 1.54) is 19.1 Å². The van der Waals surface area contributed by atoms with E-state index in [1.54, 1.807) is 6.07 Å². The molecule has 0 aliphatic rings. The molecule has 1 amide bonds. The number of esters is 2. The highest BCUT2D eigenvalue weighted by Gasteiger charge is 2.15. The lowest BCUT2D eigenvalue weighted by Crippen LogP contribution is -2.13. The Kier molecular flexibility index (Phi) is 13.0. The number of halogens is 1. The third-order valence-electron chi connectivity index (χ3n) is 3.68. The Morgan fingerprint density at radius 3 is 1.85 bits per heavy atom. The average molecular weight is 400 g/mol. The van der Waals surface area contributed by atoms with Crippen LogP contribution in [0.2, 0.25) is 0 Å². The topological polar surface area (TPSA) is 81.7 Å². The molecule has 7 heteroatoms. The second-order valence-electron chi connectivity index (χ2n) is 6.21. The number of benzene rings is 1. The number of rotatable bonds is 11. The van der Waals surface area contributed by atoms with E-state index in [1.807, 2.05) is 0 Å². The van der Waals surface area contributed by atoms with Crippen LogP contribution in [0, 0.1) is 0 Å². The molecule has 0 spiro atoms. The Bertz CT molecular complexity index is 618. The van der Waals surface area contributed by atoms with E-state index < -0.39 is 0 Å². The van der Waals surface area contributed by atoms with E-state index in [0.717, 1.165) is 38.5 Å². The molecule has 0 aliphatic carbocycles. The summed E-state index contributed by atoms with van der Waals surface area (Å²) in [4.78, 5) is 35.2. The van der Waals surface area contributed by atoms with Gasteiger partial charge in [0.15, 0.2) is 11.5 Å². The van der Waals surface area contributed by atoms with E-state index in [2.05, 4.69) is 19.2 Å². The van der Waals surface area contributed by atoms with E-state index in [9.17, 15) is 14.4 Å². The SMILES string of the molecule is CCCCCC(=O)Oc1ccc(NC(C)=O)cc1OC(=O)CCCCC.Cl. The van der Waals surface area contributed by atoms with Gasteiger partial charge in [-0.1, -0.05) is 39.5 Å². The summed E-state index contributed by atoms with van der Waals surface area (Å²) in [6.45, 7) is 5.50. The molecule has 6 nitrogen and oxygen atoms in total. The first-order valence-electron chi connectivity index (χ1n) is 9.29. The predicted octanol–water partition coefficient (Wildman–Crippen LogP) is 5.04. The van der Waals surface area contributed by atoms with E-state index in [-0.39, 0.29) is 41.8 Å². The number of hydrogen-bond acceptors (Lipinski definition) is 5. The van der Waals surface area contributed by atoms with Crippen LogP contribution >= 0.6 is 12.4 Å². The molecule has 0 fully saturated rings. The average Bonchev–Trinajstić information content (AvgIpc) is 2.57. The van der Waals surface area contributed by atoms with Gasteiger partial charge in [0.05, 0.1) is 0 Å². The molecule has 0 atom stereocenters. The largest absolute Gasteiger partial charge is 0.423 e. The normalized spacial score (nSPS) is 9.89. The minimum Gasteiger partial charge on any atom is -0.423 e. The van der Waals surface area contributed by atoms with Gasteiger partial charge >= 0.3 is 11.9 Å². The molecule has 1 N–H and O–H groups in total. The molecule has 27 heavy (non-hydrogen) atoms. The first-order valence-corrected chi connectivity index (χ1v) is 9.29. The lowest BCUT2D eigenvalue weighted by atomic mass is 10.2.